The van der Waals surface area contributed by atoms with E-state index in [0.29, 0.717) is 30.1 Å². The maximum Gasteiger partial charge on any atom is 0.325 e. The Morgan fingerprint density at radius 3 is 2.64 bits per heavy atom. The second-order valence-electron chi connectivity index (χ2n) is 8.53. The number of esters is 1. The molecule has 0 bridgehead atoms. The summed E-state index contributed by atoms with van der Waals surface area (Å²) in [6.45, 7) is 9.07. The Morgan fingerprint density at radius 1 is 1.32 bits per heavy atom. The molecule has 1 aromatic heterocycles. The molecule has 1 aliphatic carbocycles. The normalized spacial score (nSPS) is 26.9. The molecule has 0 N–H and O–H groups in total. The van der Waals surface area contributed by atoms with Gasteiger partial charge in [-0.15, -0.1) is 0 Å². The van der Waals surface area contributed by atoms with Gasteiger partial charge in [-0.25, -0.2) is 0 Å². The van der Waals surface area contributed by atoms with E-state index in [2.05, 4.69) is 18.9 Å². The summed E-state index contributed by atoms with van der Waals surface area (Å²) in [7, 11) is 1.76. The highest BCUT2D eigenvalue weighted by Gasteiger charge is 2.43. The number of amides is 1. The summed E-state index contributed by atoms with van der Waals surface area (Å²) in [5.74, 6) is 0.972. The van der Waals surface area contributed by atoms with Crippen molar-refractivity contribution in [2.75, 3.05) is 19.8 Å². The number of ether oxygens (including phenoxy) is 2. The molecule has 1 aliphatic heterocycles. The van der Waals surface area contributed by atoms with Crippen LogP contribution in [0.2, 0.25) is 0 Å². The zero-order chi connectivity index (χ0) is 20.4. The lowest BCUT2D eigenvalue weighted by molar-refractivity contribution is -0.144. The number of rotatable bonds is 6. The maximum atomic E-state index is 13.3. The van der Waals surface area contributed by atoms with Gasteiger partial charge in [-0.1, -0.05) is 13.8 Å². The first kappa shape index (κ1) is 20.8. The van der Waals surface area contributed by atoms with E-state index in [1.165, 1.54) is 0 Å². The van der Waals surface area contributed by atoms with E-state index >= 15 is 0 Å². The monoisotopic (exact) mass is 391 g/mol. The number of aromatic nitrogens is 2. The van der Waals surface area contributed by atoms with Gasteiger partial charge in [0.2, 0.25) is 0 Å². The van der Waals surface area contributed by atoms with Crippen LogP contribution in [-0.4, -0.2) is 58.5 Å². The van der Waals surface area contributed by atoms with Crippen molar-refractivity contribution < 1.29 is 19.1 Å². The molecule has 28 heavy (non-hydrogen) atoms. The number of carbonyl (C=O) groups excluding carboxylic acids is 2. The van der Waals surface area contributed by atoms with Crippen LogP contribution in [0.1, 0.15) is 56.2 Å². The molecular formula is C21H33N3O4. The van der Waals surface area contributed by atoms with Gasteiger partial charge in [-0.3, -0.25) is 14.3 Å². The van der Waals surface area contributed by atoms with Gasteiger partial charge in [0, 0.05) is 13.1 Å². The van der Waals surface area contributed by atoms with E-state index in [-0.39, 0.29) is 30.6 Å². The second-order valence-corrected chi connectivity index (χ2v) is 8.53. The Kier molecular flexibility index (Phi) is 6.43. The summed E-state index contributed by atoms with van der Waals surface area (Å²) in [5, 5.41) is 4.29. The smallest absolute Gasteiger partial charge is 0.325 e. The van der Waals surface area contributed by atoms with Crippen LogP contribution in [-0.2, 0) is 21.3 Å². The van der Waals surface area contributed by atoms with Crippen LogP contribution in [0.25, 0.3) is 0 Å². The molecule has 2 aliphatic rings. The van der Waals surface area contributed by atoms with Crippen LogP contribution in [0.5, 0.6) is 0 Å². The molecule has 0 radical (unpaired) electrons. The molecular weight excluding hydrogens is 358 g/mol. The second kappa shape index (κ2) is 8.64. The zero-order valence-electron chi connectivity index (χ0n) is 17.7. The third-order valence-corrected chi connectivity index (χ3v) is 6.15. The molecule has 0 aromatic carbocycles. The number of nitrogens with zero attached hydrogens (tertiary/aromatic N) is 3. The molecule has 2 fully saturated rings. The molecule has 1 saturated heterocycles. The lowest BCUT2D eigenvalue weighted by Gasteiger charge is -2.34. The van der Waals surface area contributed by atoms with Gasteiger partial charge in [-0.2, -0.15) is 5.10 Å². The van der Waals surface area contributed by atoms with Crippen molar-refractivity contribution in [3.8, 4) is 0 Å². The van der Waals surface area contributed by atoms with Crippen LogP contribution in [0.3, 0.4) is 0 Å². The van der Waals surface area contributed by atoms with Crippen molar-refractivity contribution in [2.24, 2.45) is 24.8 Å². The summed E-state index contributed by atoms with van der Waals surface area (Å²) in [6, 6.07) is 1.80. The van der Waals surface area contributed by atoms with Gasteiger partial charge in [0.1, 0.15) is 12.2 Å². The number of fused-ring (bicyclic) bond motifs is 1. The minimum Gasteiger partial charge on any atom is -0.465 e. The molecule has 2 heterocycles. The van der Waals surface area contributed by atoms with Crippen molar-refractivity contribution >= 4 is 11.9 Å². The summed E-state index contributed by atoms with van der Waals surface area (Å²) in [6.07, 6.45) is 3.11. The molecule has 7 heteroatoms. The highest BCUT2D eigenvalue weighted by molar-refractivity contribution is 5.95. The molecule has 1 aromatic rings. The molecule has 3 rings (SSSR count). The molecule has 4 atom stereocenters. The minimum absolute atomic E-state index is 0.0184. The van der Waals surface area contributed by atoms with Crippen molar-refractivity contribution in [1.29, 1.82) is 0 Å². The van der Waals surface area contributed by atoms with Gasteiger partial charge < -0.3 is 14.4 Å². The summed E-state index contributed by atoms with van der Waals surface area (Å²) < 4.78 is 12.8. The van der Waals surface area contributed by atoms with Gasteiger partial charge in [0.15, 0.2) is 0 Å². The fourth-order valence-electron chi connectivity index (χ4n) is 4.68. The molecule has 7 nitrogen and oxygen atoms in total. The number of hydrogen-bond acceptors (Lipinski definition) is 5. The zero-order valence-corrected chi connectivity index (χ0v) is 17.7. The van der Waals surface area contributed by atoms with Crippen LogP contribution in [0, 0.1) is 24.7 Å². The third kappa shape index (κ3) is 4.40. The Labute approximate surface area is 167 Å². The topological polar surface area (TPSA) is 73.7 Å². The largest absolute Gasteiger partial charge is 0.465 e. The van der Waals surface area contributed by atoms with Crippen molar-refractivity contribution in [2.45, 2.75) is 59.1 Å². The predicted octanol–water partition coefficient (Wildman–Crippen LogP) is 2.57. The first-order chi connectivity index (χ1) is 13.3. The first-order valence-electron chi connectivity index (χ1n) is 10.4. The standard InChI is InChI=1S/C21H33N3O4/c1-6-27-20(25)11-24(21(26)18-7-14(4)22-23(18)5)17-8-15-10-19(13(2)3)28-12-16(15)9-17/h7,13,15-17,19H,6,8-12H2,1-5H3/t15-,16+,17-,19-/m0/s1. The SMILES string of the molecule is CCOC(=O)CN(C(=O)c1cc(C)nn1C)[C@@H]1C[C@@H]2CO[C@H](C(C)C)C[C@@H]2C1. The van der Waals surface area contributed by atoms with Gasteiger partial charge in [0.25, 0.3) is 5.91 Å². The summed E-state index contributed by atoms with van der Waals surface area (Å²) in [5.41, 5.74) is 1.29. The molecule has 156 valence electrons. The van der Waals surface area contributed by atoms with Crippen molar-refractivity contribution in [3.05, 3.63) is 17.5 Å². The maximum absolute atomic E-state index is 13.3. The summed E-state index contributed by atoms with van der Waals surface area (Å²) >= 11 is 0. The Bertz CT molecular complexity index is 715. The lowest BCUT2D eigenvalue weighted by atomic mass is 9.85. The number of carbonyl (C=O) groups is 2. The highest BCUT2D eigenvalue weighted by atomic mass is 16.5. The average Bonchev–Trinajstić information content (AvgIpc) is 3.20. The molecule has 1 amide bonds. The minimum atomic E-state index is -0.360. The van der Waals surface area contributed by atoms with Crippen LogP contribution < -0.4 is 0 Å². The van der Waals surface area contributed by atoms with Gasteiger partial charge in [-0.05, 0) is 56.9 Å². The number of hydrogen-bond donors (Lipinski definition) is 0. The lowest BCUT2D eigenvalue weighted by Crippen LogP contribution is -2.43. The Morgan fingerprint density at radius 2 is 2.04 bits per heavy atom. The van der Waals surface area contributed by atoms with E-state index in [1.54, 1.807) is 29.6 Å². The van der Waals surface area contributed by atoms with Crippen molar-refractivity contribution in [3.63, 3.8) is 0 Å². The Hall–Kier alpha value is -1.89. The van der Waals surface area contributed by atoms with Gasteiger partial charge in [0.05, 0.1) is 25.0 Å². The fourth-order valence-corrected chi connectivity index (χ4v) is 4.68. The molecule has 1 saturated carbocycles. The third-order valence-electron chi connectivity index (χ3n) is 6.15. The quantitative estimate of drug-likeness (QED) is 0.697. The van der Waals surface area contributed by atoms with Crippen molar-refractivity contribution in [1.82, 2.24) is 14.7 Å². The van der Waals surface area contributed by atoms with E-state index in [4.69, 9.17) is 9.47 Å². The van der Waals surface area contributed by atoms with E-state index < -0.39 is 0 Å². The number of aryl methyl sites for hydroxylation is 2. The first-order valence-corrected chi connectivity index (χ1v) is 10.4. The van der Waals surface area contributed by atoms with E-state index in [1.807, 2.05) is 6.92 Å². The van der Waals surface area contributed by atoms with E-state index in [0.717, 1.165) is 31.6 Å². The molecule has 0 spiro atoms. The summed E-state index contributed by atoms with van der Waals surface area (Å²) in [4.78, 5) is 27.2. The van der Waals surface area contributed by atoms with Gasteiger partial charge >= 0.3 is 5.97 Å². The fraction of sp³-hybridized carbons (Fsp3) is 0.762. The molecule has 0 unspecified atom stereocenters. The predicted molar refractivity (Wildman–Crippen MR) is 105 cm³/mol. The van der Waals surface area contributed by atoms with E-state index in [9.17, 15) is 9.59 Å². The highest BCUT2D eigenvalue weighted by Crippen LogP contribution is 2.42. The van der Waals surface area contributed by atoms with Crippen LogP contribution in [0.4, 0.5) is 0 Å². The van der Waals surface area contributed by atoms with Crippen LogP contribution in [0.15, 0.2) is 6.07 Å². The average molecular weight is 392 g/mol. The van der Waals surface area contributed by atoms with Crippen LogP contribution >= 0.6 is 0 Å². The Balaban J connectivity index is 1.78.